The number of carbonyl (C=O) groups is 2. The number of amides is 1. The highest BCUT2D eigenvalue weighted by molar-refractivity contribution is 5.97. The van der Waals surface area contributed by atoms with Crippen molar-refractivity contribution in [2.75, 3.05) is 6.54 Å². The van der Waals surface area contributed by atoms with Gasteiger partial charge in [-0.25, -0.2) is 4.39 Å². The van der Waals surface area contributed by atoms with Gasteiger partial charge in [-0.05, 0) is 53.6 Å². The SMILES string of the molecule is CC(C)c1ccc(C(NC(=O)C2CCCN2)C(=O)Cc2c[nH]c3ccccc23)c(-c2ccccc2)c1F. The summed E-state index contributed by atoms with van der Waals surface area (Å²) in [6.45, 7) is 4.65. The van der Waals surface area contributed by atoms with Crippen LogP contribution in [0.4, 0.5) is 4.39 Å². The lowest BCUT2D eigenvalue weighted by Gasteiger charge is -2.25. The van der Waals surface area contributed by atoms with Gasteiger partial charge in [-0.3, -0.25) is 9.59 Å². The van der Waals surface area contributed by atoms with Crippen LogP contribution in [0.3, 0.4) is 0 Å². The zero-order chi connectivity index (χ0) is 25.9. The van der Waals surface area contributed by atoms with Crippen LogP contribution in [0.25, 0.3) is 22.0 Å². The van der Waals surface area contributed by atoms with Gasteiger partial charge in [0, 0.05) is 29.1 Å². The summed E-state index contributed by atoms with van der Waals surface area (Å²) < 4.78 is 16.1. The lowest BCUT2D eigenvalue weighted by Crippen LogP contribution is -2.44. The molecule has 5 rings (SSSR count). The van der Waals surface area contributed by atoms with Crippen LogP contribution in [0.15, 0.2) is 72.9 Å². The van der Waals surface area contributed by atoms with Crippen molar-refractivity contribution in [3.05, 3.63) is 95.4 Å². The molecule has 1 saturated heterocycles. The minimum absolute atomic E-state index is 0.0332. The second-order valence-corrected chi connectivity index (χ2v) is 10.0. The molecular formula is C31H32FN3O2. The summed E-state index contributed by atoms with van der Waals surface area (Å²) in [6.07, 6.45) is 3.55. The Morgan fingerprint density at radius 3 is 2.46 bits per heavy atom. The number of benzene rings is 3. The van der Waals surface area contributed by atoms with Gasteiger partial charge in [0.25, 0.3) is 0 Å². The van der Waals surface area contributed by atoms with Crippen molar-refractivity contribution >= 4 is 22.6 Å². The number of halogens is 1. The van der Waals surface area contributed by atoms with E-state index in [0.29, 0.717) is 28.7 Å². The third kappa shape index (κ3) is 5.07. The average molecular weight is 498 g/mol. The standard InChI is InChI=1S/C31H32FN3O2/c1-19(2)22-14-15-24(28(29(22)32)20-9-4-3-5-10-20)30(35-31(37)26-13-8-16-33-26)27(36)17-21-18-34-25-12-7-6-11-23(21)25/h3-7,9-12,14-15,18-19,26,30,33-34H,8,13,16-17H2,1-2H3,(H,35,37). The average Bonchev–Trinajstić information content (AvgIpc) is 3.58. The third-order valence-electron chi connectivity index (χ3n) is 7.22. The first kappa shape index (κ1) is 24.9. The number of aromatic nitrogens is 1. The molecule has 0 aliphatic carbocycles. The van der Waals surface area contributed by atoms with Crippen LogP contribution in [0, 0.1) is 5.82 Å². The monoisotopic (exact) mass is 497 g/mol. The Bertz CT molecular complexity index is 1420. The van der Waals surface area contributed by atoms with Crippen LogP contribution >= 0.6 is 0 Å². The van der Waals surface area contributed by atoms with Gasteiger partial charge in [0.2, 0.25) is 5.91 Å². The van der Waals surface area contributed by atoms with Crippen molar-refractivity contribution in [3.8, 4) is 11.1 Å². The molecule has 1 aromatic heterocycles. The second kappa shape index (κ2) is 10.7. The number of fused-ring (bicyclic) bond motifs is 1. The van der Waals surface area contributed by atoms with Crippen LogP contribution in [-0.4, -0.2) is 29.3 Å². The molecule has 2 unspecified atom stereocenters. The van der Waals surface area contributed by atoms with Crippen LogP contribution in [0.1, 0.15) is 55.3 Å². The van der Waals surface area contributed by atoms with E-state index in [0.717, 1.165) is 29.4 Å². The molecule has 1 aliphatic heterocycles. The summed E-state index contributed by atoms with van der Waals surface area (Å²) >= 11 is 0. The van der Waals surface area contributed by atoms with E-state index in [4.69, 9.17) is 0 Å². The predicted octanol–water partition coefficient (Wildman–Crippen LogP) is 5.82. The Morgan fingerprint density at radius 2 is 1.73 bits per heavy atom. The summed E-state index contributed by atoms with van der Waals surface area (Å²) in [7, 11) is 0. The molecule has 2 heterocycles. The normalized spacial score (nSPS) is 16.3. The van der Waals surface area contributed by atoms with E-state index in [2.05, 4.69) is 15.6 Å². The Balaban J connectivity index is 1.60. The number of carbonyl (C=O) groups excluding carboxylic acids is 2. The van der Waals surface area contributed by atoms with Gasteiger partial charge in [0.15, 0.2) is 5.78 Å². The molecule has 190 valence electrons. The number of ketones is 1. The lowest BCUT2D eigenvalue weighted by molar-refractivity contribution is -0.128. The van der Waals surface area contributed by atoms with E-state index < -0.39 is 6.04 Å². The van der Waals surface area contributed by atoms with Gasteiger partial charge >= 0.3 is 0 Å². The van der Waals surface area contributed by atoms with E-state index in [1.807, 2.05) is 74.6 Å². The van der Waals surface area contributed by atoms with Crippen molar-refractivity contribution in [2.45, 2.75) is 51.1 Å². The molecule has 6 heteroatoms. The largest absolute Gasteiger partial charge is 0.361 e. The molecular weight excluding hydrogens is 465 g/mol. The van der Waals surface area contributed by atoms with Crippen LogP contribution in [0.5, 0.6) is 0 Å². The number of hydrogen-bond acceptors (Lipinski definition) is 3. The number of aromatic amines is 1. The molecule has 0 saturated carbocycles. The van der Waals surface area contributed by atoms with Crippen molar-refractivity contribution in [2.24, 2.45) is 0 Å². The van der Waals surface area contributed by atoms with Gasteiger partial charge in [-0.15, -0.1) is 0 Å². The number of para-hydroxylation sites is 1. The fraction of sp³-hybridized carbons (Fsp3) is 0.290. The van der Waals surface area contributed by atoms with Gasteiger partial charge in [0.05, 0.1) is 6.04 Å². The summed E-state index contributed by atoms with van der Waals surface area (Å²) in [6, 6.07) is 19.3. The number of nitrogens with one attached hydrogen (secondary N) is 3. The van der Waals surface area contributed by atoms with Crippen molar-refractivity contribution in [3.63, 3.8) is 0 Å². The smallest absolute Gasteiger partial charge is 0.237 e. The van der Waals surface area contributed by atoms with E-state index in [1.54, 1.807) is 12.1 Å². The molecule has 1 fully saturated rings. The topological polar surface area (TPSA) is 74.0 Å². The Hall–Kier alpha value is -3.77. The molecule has 3 aromatic carbocycles. The van der Waals surface area contributed by atoms with E-state index >= 15 is 4.39 Å². The van der Waals surface area contributed by atoms with Gasteiger partial charge in [-0.1, -0.05) is 74.5 Å². The van der Waals surface area contributed by atoms with Crippen LogP contribution in [-0.2, 0) is 16.0 Å². The molecule has 5 nitrogen and oxygen atoms in total. The predicted molar refractivity (Wildman–Crippen MR) is 145 cm³/mol. The molecule has 1 amide bonds. The lowest BCUT2D eigenvalue weighted by atomic mass is 9.87. The van der Waals surface area contributed by atoms with Crippen LogP contribution < -0.4 is 10.6 Å². The maximum absolute atomic E-state index is 16.1. The van der Waals surface area contributed by atoms with Crippen molar-refractivity contribution < 1.29 is 14.0 Å². The van der Waals surface area contributed by atoms with Crippen molar-refractivity contribution in [1.29, 1.82) is 0 Å². The maximum Gasteiger partial charge on any atom is 0.237 e. The van der Waals surface area contributed by atoms with E-state index in [1.165, 1.54) is 0 Å². The van der Waals surface area contributed by atoms with E-state index in [9.17, 15) is 9.59 Å². The minimum Gasteiger partial charge on any atom is -0.361 e. The van der Waals surface area contributed by atoms with Gasteiger partial charge in [0.1, 0.15) is 11.9 Å². The molecule has 0 radical (unpaired) electrons. The molecule has 0 spiro atoms. The van der Waals surface area contributed by atoms with Gasteiger partial charge < -0.3 is 15.6 Å². The quantitative estimate of drug-likeness (QED) is 0.287. The molecule has 0 bridgehead atoms. The first-order valence-electron chi connectivity index (χ1n) is 12.9. The number of Topliss-reactive ketones (excluding diaryl/α,β-unsaturated/α-hetero) is 1. The number of rotatable bonds is 8. The molecule has 4 aromatic rings. The number of H-pyrrole nitrogens is 1. The third-order valence-corrected chi connectivity index (χ3v) is 7.22. The Morgan fingerprint density at radius 1 is 1.00 bits per heavy atom. The van der Waals surface area contributed by atoms with Crippen molar-refractivity contribution in [1.82, 2.24) is 15.6 Å². The summed E-state index contributed by atoms with van der Waals surface area (Å²) in [5.41, 5.74) is 3.88. The molecule has 2 atom stereocenters. The zero-order valence-corrected chi connectivity index (χ0v) is 21.2. The molecule has 37 heavy (non-hydrogen) atoms. The van der Waals surface area contributed by atoms with E-state index in [-0.39, 0.29) is 35.9 Å². The first-order valence-corrected chi connectivity index (χ1v) is 12.9. The Kier molecular flexibility index (Phi) is 7.19. The Labute approximate surface area is 216 Å². The highest BCUT2D eigenvalue weighted by Gasteiger charge is 2.32. The summed E-state index contributed by atoms with van der Waals surface area (Å²) in [5.74, 6) is -0.807. The molecule has 3 N–H and O–H groups in total. The highest BCUT2D eigenvalue weighted by atomic mass is 19.1. The second-order valence-electron chi connectivity index (χ2n) is 10.0. The summed E-state index contributed by atoms with van der Waals surface area (Å²) in [5, 5.41) is 7.16. The number of hydrogen-bond donors (Lipinski definition) is 3. The highest BCUT2D eigenvalue weighted by Crippen LogP contribution is 2.36. The van der Waals surface area contributed by atoms with Gasteiger partial charge in [-0.2, -0.15) is 0 Å². The zero-order valence-electron chi connectivity index (χ0n) is 21.2. The van der Waals surface area contributed by atoms with Crippen LogP contribution in [0.2, 0.25) is 0 Å². The first-order chi connectivity index (χ1) is 17.9. The minimum atomic E-state index is -0.991. The maximum atomic E-state index is 16.1. The molecule has 1 aliphatic rings. The fourth-order valence-electron chi connectivity index (χ4n) is 5.24. The summed E-state index contributed by atoms with van der Waals surface area (Å²) in [4.78, 5) is 30.4. The fourth-order valence-corrected chi connectivity index (χ4v) is 5.24.